The van der Waals surface area contributed by atoms with Gasteiger partial charge >= 0.3 is 0 Å². The van der Waals surface area contributed by atoms with Gasteiger partial charge in [0.2, 0.25) is 17.5 Å². The number of nitrogens with one attached hydrogen (secondary N) is 2. The zero-order valence-electron chi connectivity index (χ0n) is 25.7. The summed E-state index contributed by atoms with van der Waals surface area (Å²) in [5, 5.41) is 16.4. The van der Waals surface area contributed by atoms with E-state index in [0.29, 0.717) is 38.3 Å². The molecule has 10 nitrogen and oxygen atoms in total. The molecule has 5 heterocycles. The SMILES string of the molecule is CC(C)CCC1C(=O)N2CCCC2C2(O)OC(NC(=O)C3C=C4c5cccc6[nH]cc(c56)CC4N(C)C3)(C(C)C)C(=O)N12. The second-order valence-corrected chi connectivity index (χ2v) is 13.9. The normalized spacial score (nSPS) is 33.7. The molecule has 6 atom stereocenters. The molecule has 0 spiro atoms. The maximum absolute atomic E-state index is 14.5. The summed E-state index contributed by atoms with van der Waals surface area (Å²) in [4.78, 5) is 50.9. The van der Waals surface area contributed by atoms with Gasteiger partial charge in [0, 0.05) is 42.1 Å². The number of benzene rings is 1. The molecule has 6 unspecified atom stereocenters. The molecular formula is C33H43N5O5. The lowest BCUT2D eigenvalue weighted by Crippen LogP contribution is -2.71. The van der Waals surface area contributed by atoms with Crippen molar-refractivity contribution in [2.24, 2.45) is 17.8 Å². The molecule has 1 aromatic heterocycles. The number of carbonyl (C=O) groups is 3. The fraction of sp³-hybridized carbons (Fsp3) is 0.606. The van der Waals surface area contributed by atoms with Gasteiger partial charge in [-0.05, 0) is 67.8 Å². The molecule has 7 rings (SSSR count). The van der Waals surface area contributed by atoms with E-state index in [1.165, 1.54) is 15.8 Å². The van der Waals surface area contributed by atoms with E-state index in [1.807, 2.05) is 33.0 Å². The number of carbonyl (C=O) groups excluding carboxylic acids is 3. The summed E-state index contributed by atoms with van der Waals surface area (Å²) in [6, 6.07) is 4.86. The van der Waals surface area contributed by atoms with Crippen LogP contribution in [0.2, 0.25) is 0 Å². The molecule has 4 aliphatic heterocycles. The average Bonchev–Trinajstić information content (AvgIpc) is 3.67. The predicted octanol–water partition coefficient (Wildman–Crippen LogP) is 2.82. The highest BCUT2D eigenvalue weighted by Gasteiger charge is 2.71. The maximum Gasteiger partial charge on any atom is 0.281 e. The Morgan fingerprint density at radius 1 is 1.23 bits per heavy atom. The first-order valence-electron chi connectivity index (χ1n) is 15.9. The fourth-order valence-electron chi connectivity index (χ4n) is 8.19. The quantitative estimate of drug-likeness (QED) is 0.477. The zero-order valence-corrected chi connectivity index (χ0v) is 25.7. The molecule has 0 bridgehead atoms. The van der Waals surface area contributed by atoms with Gasteiger partial charge in [-0.15, -0.1) is 0 Å². The van der Waals surface area contributed by atoms with Gasteiger partial charge in [-0.1, -0.05) is 45.9 Å². The van der Waals surface area contributed by atoms with Crippen LogP contribution in [0.5, 0.6) is 0 Å². The molecule has 1 aliphatic carbocycles. The first-order valence-corrected chi connectivity index (χ1v) is 15.9. The van der Waals surface area contributed by atoms with E-state index >= 15 is 0 Å². The Kier molecular flexibility index (Phi) is 6.58. The van der Waals surface area contributed by atoms with Crippen molar-refractivity contribution in [2.45, 2.75) is 89.6 Å². The third kappa shape index (κ3) is 4.05. The Balaban J connectivity index is 1.23. The topological polar surface area (TPSA) is 118 Å². The minimum absolute atomic E-state index is 0.143. The highest BCUT2D eigenvalue weighted by atomic mass is 16.7. The number of likely N-dealkylation sites (N-methyl/N-ethyl adjacent to an activating group) is 1. The number of amides is 3. The molecular weight excluding hydrogens is 546 g/mol. The number of hydrogen-bond donors (Lipinski definition) is 3. The summed E-state index contributed by atoms with van der Waals surface area (Å²) < 4.78 is 6.46. The van der Waals surface area contributed by atoms with Gasteiger partial charge in [0.25, 0.3) is 11.8 Å². The number of aromatic nitrogens is 1. The first-order chi connectivity index (χ1) is 20.5. The van der Waals surface area contributed by atoms with E-state index in [4.69, 9.17) is 4.74 Å². The standard InChI is InChI=1S/C33H43N5O5/c1-18(2)11-12-25-30(40)37-13-7-10-27(37)33(42)38(25)31(41)32(43-33,19(3)4)35-29(39)21-14-23-22-8-6-9-24-28(22)20(16-34-24)15-26(23)36(5)17-21/h6,8-9,14,16,18-19,21,25-27,34,42H,7,10-13,15,17H2,1-5H3,(H,35,39). The Morgan fingerprint density at radius 2 is 2.02 bits per heavy atom. The van der Waals surface area contributed by atoms with Gasteiger partial charge in [-0.3, -0.25) is 28.9 Å². The van der Waals surface area contributed by atoms with Crippen molar-refractivity contribution in [3.8, 4) is 0 Å². The van der Waals surface area contributed by atoms with E-state index in [-0.39, 0.29) is 17.9 Å². The van der Waals surface area contributed by atoms with E-state index in [0.717, 1.165) is 29.5 Å². The number of hydrogen-bond acceptors (Lipinski definition) is 6. The smallest absolute Gasteiger partial charge is 0.281 e. The van der Waals surface area contributed by atoms with Crippen molar-refractivity contribution in [3.05, 3.63) is 41.6 Å². The summed E-state index contributed by atoms with van der Waals surface area (Å²) in [5.41, 5.74) is 2.80. The first kappa shape index (κ1) is 28.6. The van der Waals surface area contributed by atoms with E-state index in [1.54, 1.807) is 4.90 Å². The molecule has 3 saturated heterocycles. The van der Waals surface area contributed by atoms with Gasteiger partial charge in [0.15, 0.2) is 0 Å². The van der Waals surface area contributed by atoms with Crippen molar-refractivity contribution >= 4 is 34.2 Å². The van der Waals surface area contributed by atoms with Gasteiger partial charge < -0.3 is 20.3 Å². The van der Waals surface area contributed by atoms with E-state index < -0.39 is 41.5 Å². The van der Waals surface area contributed by atoms with E-state index in [2.05, 4.69) is 47.4 Å². The maximum atomic E-state index is 14.5. The van der Waals surface area contributed by atoms with Crippen LogP contribution in [0, 0.1) is 17.8 Å². The van der Waals surface area contributed by atoms with Crippen LogP contribution >= 0.6 is 0 Å². The molecule has 0 saturated carbocycles. The fourth-order valence-corrected chi connectivity index (χ4v) is 8.19. The van der Waals surface area contributed by atoms with Crippen LogP contribution in [0.25, 0.3) is 16.5 Å². The average molecular weight is 590 g/mol. The van der Waals surface area contributed by atoms with E-state index in [9.17, 15) is 19.5 Å². The molecule has 2 aromatic rings. The second-order valence-electron chi connectivity index (χ2n) is 13.9. The van der Waals surface area contributed by atoms with Crippen LogP contribution in [-0.2, 0) is 25.5 Å². The minimum Gasteiger partial charge on any atom is -0.361 e. The Bertz CT molecular complexity index is 1530. The monoisotopic (exact) mass is 589 g/mol. The minimum atomic E-state index is -2.00. The third-order valence-corrected chi connectivity index (χ3v) is 10.5. The summed E-state index contributed by atoms with van der Waals surface area (Å²) in [6.45, 7) is 8.78. The number of fused-ring (bicyclic) bond motifs is 5. The van der Waals surface area contributed by atoms with Gasteiger partial charge in [0.05, 0.1) is 5.92 Å². The Morgan fingerprint density at radius 3 is 2.77 bits per heavy atom. The molecule has 1 aromatic carbocycles. The van der Waals surface area contributed by atoms with Crippen LogP contribution in [0.4, 0.5) is 0 Å². The molecule has 230 valence electrons. The van der Waals surface area contributed by atoms with Crippen molar-refractivity contribution in [2.75, 3.05) is 20.1 Å². The third-order valence-electron chi connectivity index (χ3n) is 10.5. The molecule has 3 amide bonds. The number of nitrogens with zero attached hydrogens (tertiary/aromatic N) is 3. The summed E-state index contributed by atoms with van der Waals surface area (Å²) in [5.74, 6) is -3.73. The van der Waals surface area contributed by atoms with Crippen molar-refractivity contribution in [1.29, 1.82) is 0 Å². The number of piperazine rings is 1. The molecule has 5 aliphatic rings. The highest BCUT2D eigenvalue weighted by Crippen LogP contribution is 2.48. The molecule has 43 heavy (non-hydrogen) atoms. The summed E-state index contributed by atoms with van der Waals surface area (Å²) in [6.07, 6.45) is 7.38. The zero-order chi connectivity index (χ0) is 30.4. The van der Waals surface area contributed by atoms with Crippen LogP contribution in [-0.4, -0.2) is 92.4 Å². The predicted molar refractivity (Wildman–Crippen MR) is 161 cm³/mol. The van der Waals surface area contributed by atoms with Crippen LogP contribution in [0.3, 0.4) is 0 Å². The number of aliphatic hydroxyl groups is 1. The van der Waals surface area contributed by atoms with Crippen molar-refractivity contribution < 1.29 is 24.2 Å². The molecule has 0 radical (unpaired) electrons. The lowest BCUT2D eigenvalue weighted by Gasteiger charge is -2.49. The highest BCUT2D eigenvalue weighted by molar-refractivity contribution is 6.01. The lowest BCUT2D eigenvalue weighted by atomic mass is 9.79. The van der Waals surface area contributed by atoms with Crippen LogP contribution in [0.1, 0.15) is 64.5 Å². The van der Waals surface area contributed by atoms with Crippen molar-refractivity contribution in [1.82, 2.24) is 25.0 Å². The second kappa shape index (κ2) is 9.90. The molecule has 10 heteroatoms. The number of H-pyrrole nitrogens is 1. The van der Waals surface area contributed by atoms with Crippen molar-refractivity contribution in [3.63, 3.8) is 0 Å². The Labute approximate surface area is 252 Å². The van der Waals surface area contributed by atoms with Gasteiger partial charge in [-0.2, -0.15) is 0 Å². The Hall–Kier alpha value is -3.21. The molecule has 3 fully saturated rings. The summed E-state index contributed by atoms with van der Waals surface area (Å²) >= 11 is 0. The number of aromatic amines is 1. The molecule has 3 N–H and O–H groups in total. The number of rotatable bonds is 6. The lowest BCUT2D eigenvalue weighted by molar-refractivity contribution is -0.322. The van der Waals surface area contributed by atoms with Gasteiger partial charge in [0.1, 0.15) is 12.1 Å². The van der Waals surface area contributed by atoms with Crippen LogP contribution in [0.15, 0.2) is 30.5 Å². The largest absolute Gasteiger partial charge is 0.361 e. The summed E-state index contributed by atoms with van der Waals surface area (Å²) in [7, 11) is 2.04. The van der Waals surface area contributed by atoms with Gasteiger partial charge in [-0.25, -0.2) is 0 Å². The van der Waals surface area contributed by atoms with Crippen LogP contribution < -0.4 is 5.32 Å². The number of ether oxygens (including phenoxy) is 1.